The van der Waals surface area contributed by atoms with Crippen LogP contribution in [0.15, 0.2) is 57.8 Å². The molecule has 10 nitrogen and oxygen atoms in total. The highest BCUT2D eigenvalue weighted by atomic mass is 35.5. The first kappa shape index (κ1) is 24.8. The van der Waals surface area contributed by atoms with E-state index in [1.54, 1.807) is 24.3 Å². The molecular weight excluding hydrogens is 496 g/mol. The summed E-state index contributed by atoms with van der Waals surface area (Å²) in [6.07, 6.45) is 1.70. The molecule has 1 unspecified atom stereocenters. The molecule has 0 saturated carbocycles. The van der Waals surface area contributed by atoms with Gasteiger partial charge < -0.3 is 9.15 Å². The number of hydrogen-bond donors (Lipinski definition) is 1. The van der Waals surface area contributed by atoms with Gasteiger partial charge in [0.25, 0.3) is 5.91 Å². The normalized spacial score (nSPS) is 16.6. The molecule has 1 N–H and O–H groups in total. The second-order valence-corrected chi connectivity index (χ2v) is 10.5. The number of halogens is 1. The summed E-state index contributed by atoms with van der Waals surface area (Å²) in [5.41, 5.74) is 0.634. The number of hydrogen-bond acceptors (Lipinski definition) is 8. The van der Waals surface area contributed by atoms with Gasteiger partial charge in [0.1, 0.15) is 4.90 Å². The monoisotopic (exact) mass is 518 g/mol. The third kappa shape index (κ3) is 5.87. The summed E-state index contributed by atoms with van der Waals surface area (Å²) in [7, 11) is -3.89. The van der Waals surface area contributed by atoms with Gasteiger partial charge >= 0.3 is 12.0 Å². The average molecular weight is 519 g/mol. The molecule has 1 amide bonds. The van der Waals surface area contributed by atoms with Crippen molar-refractivity contribution in [1.29, 1.82) is 0 Å². The number of carbonyl (C=O) groups is 2. The largest absolute Gasteiger partial charge is 0.452 e. The van der Waals surface area contributed by atoms with Crippen LogP contribution < -0.4 is 5.32 Å². The highest BCUT2D eigenvalue weighted by molar-refractivity contribution is 7.89. The number of rotatable bonds is 7. The minimum atomic E-state index is -3.89. The van der Waals surface area contributed by atoms with Crippen LogP contribution in [0.4, 0.5) is 6.01 Å². The molecule has 1 aliphatic rings. The molecule has 0 bridgehead atoms. The molecule has 12 heteroatoms. The maximum Gasteiger partial charge on any atom is 0.338 e. The quantitative estimate of drug-likeness (QED) is 0.469. The Kier molecular flexibility index (Phi) is 7.48. The number of benzene rings is 2. The van der Waals surface area contributed by atoms with Crippen molar-refractivity contribution in [2.24, 2.45) is 5.92 Å². The third-order valence-electron chi connectivity index (χ3n) is 5.43. The van der Waals surface area contributed by atoms with Crippen molar-refractivity contribution in [3.8, 4) is 11.5 Å². The van der Waals surface area contributed by atoms with Gasteiger partial charge in [0.05, 0.1) is 10.6 Å². The lowest BCUT2D eigenvalue weighted by Gasteiger charge is -2.30. The number of sulfonamides is 1. The van der Waals surface area contributed by atoms with Crippen molar-refractivity contribution in [2.45, 2.75) is 24.7 Å². The van der Waals surface area contributed by atoms with Crippen LogP contribution in [0.3, 0.4) is 0 Å². The standard InChI is InChI=1S/C23H23ClN4O6S/c1-15-6-5-11-28(13-15)35(31,32)19-12-17(9-10-18(19)24)22(30)33-14-20(29)25-23-27-26-21(34-23)16-7-3-2-4-8-16/h2-4,7-10,12,15H,5-6,11,13-14H2,1H3,(H,25,27,29). The van der Waals surface area contributed by atoms with Crippen LogP contribution in [0.5, 0.6) is 0 Å². The van der Waals surface area contributed by atoms with Crippen LogP contribution in [0.1, 0.15) is 30.1 Å². The van der Waals surface area contributed by atoms with Crippen molar-refractivity contribution >= 4 is 39.5 Å². The second kappa shape index (κ2) is 10.5. The van der Waals surface area contributed by atoms with Gasteiger partial charge in [-0.15, -0.1) is 5.10 Å². The molecule has 35 heavy (non-hydrogen) atoms. The molecule has 0 aliphatic carbocycles. The van der Waals surface area contributed by atoms with Gasteiger partial charge in [-0.2, -0.15) is 4.31 Å². The van der Waals surface area contributed by atoms with E-state index in [1.807, 2.05) is 13.0 Å². The molecule has 1 fully saturated rings. The van der Waals surface area contributed by atoms with E-state index in [0.29, 0.717) is 18.7 Å². The van der Waals surface area contributed by atoms with Gasteiger partial charge in [0, 0.05) is 18.7 Å². The smallest absolute Gasteiger partial charge is 0.338 e. The van der Waals surface area contributed by atoms with E-state index in [9.17, 15) is 18.0 Å². The molecule has 0 spiro atoms. The number of amides is 1. The number of carbonyl (C=O) groups excluding carboxylic acids is 2. The molecule has 1 saturated heterocycles. The first-order valence-electron chi connectivity index (χ1n) is 10.9. The number of esters is 1. The summed E-state index contributed by atoms with van der Waals surface area (Å²) in [5.74, 6) is -1.14. The first-order valence-corrected chi connectivity index (χ1v) is 12.7. The van der Waals surface area contributed by atoms with E-state index in [-0.39, 0.29) is 33.3 Å². The van der Waals surface area contributed by atoms with Gasteiger partial charge in [-0.05, 0) is 49.1 Å². The first-order chi connectivity index (χ1) is 16.7. The molecule has 1 aromatic heterocycles. The number of nitrogens with zero attached hydrogens (tertiary/aromatic N) is 3. The van der Waals surface area contributed by atoms with Crippen LogP contribution in [-0.4, -0.2) is 54.5 Å². The summed E-state index contributed by atoms with van der Waals surface area (Å²) in [6.45, 7) is 2.11. The van der Waals surface area contributed by atoms with Crippen molar-refractivity contribution in [1.82, 2.24) is 14.5 Å². The summed E-state index contributed by atoms with van der Waals surface area (Å²) >= 11 is 6.16. The Morgan fingerprint density at radius 1 is 1.20 bits per heavy atom. The fourth-order valence-electron chi connectivity index (χ4n) is 3.67. The Bertz CT molecular complexity index is 1330. The van der Waals surface area contributed by atoms with Gasteiger partial charge in [0.15, 0.2) is 6.61 Å². The number of aromatic nitrogens is 2. The molecule has 2 heterocycles. The lowest BCUT2D eigenvalue weighted by Crippen LogP contribution is -2.39. The fourth-order valence-corrected chi connectivity index (χ4v) is 5.77. The van der Waals surface area contributed by atoms with Crippen molar-refractivity contribution in [2.75, 3.05) is 25.0 Å². The second-order valence-electron chi connectivity index (χ2n) is 8.16. The van der Waals surface area contributed by atoms with Crippen LogP contribution in [0.25, 0.3) is 11.5 Å². The number of nitrogens with one attached hydrogen (secondary N) is 1. The van der Waals surface area contributed by atoms with E-state index in [1.165, 1.54) is 22.5 Å². The lowest BCUT2D eigenvalue weighted by atomic mass is 10.0. The number of ether oxygens (including phenoxy) is 1. The van der Waals surface area contributed by atoms with Crippen LogP contribution in [0, 0.1) is 5.92 Å². The lowest BCUT2D eigenvalue weighted by molar-refractivity contribution is -0.119. The topological polar surface area (TPSA) is 132 Å². The van der Waals surface area contributed by atoms with Gasteiger partial charge in [-0.3, -0.25) is 10.1 Å². The molecule has 0 radical (unpaired) electrons. The van der Waals surface area contributed by atoms with Gasteiger partial charge in [0.2, 0.25) is 15.9 Å². The Morgan fingerprint density at radius 2 is 1.97 bits per heavy atom. The van der Waals surface area contributed by atoms with Gasteiger partial charge in [-0.25, -0.2) is 13.2 Å². The Balaban J connectivity index is 1.39. The van der Waals surface area contributed by atoms with E-state index in [2.05, 4.69) is 15.5 Å². The maximum absolute atomic E-state index is 13.1. The molecular formula is C23H23ClN4O6S. The zero-order chi connectivity index (χ0) is 25.0. The van der Waals surface area contributed by atoms with Gasteiger partial charge in [-0.1, -0.05) is 41.8 Å². The van der Waals surface area contributed by atoms with Crippen molar-refractivity contribution < 1.29 is 27.2 Å². The van der Waals surface area contributed by atoms with Crippen LogP contribution in [0.2, 0.25) is 5.02 Å². The Hall–Kier alpha value is -3.28. The van der Waals surface area contributed by atoms with Crippen LogP contribution in [-0.2, 0) is 19.6 Å². The highest BCUT2D eigenvalue weighted by Crippen LogP contribution is 2.29. The molecule has 1 aliphatic heterocycles. The maximum atomic E-state index is 13.1. The molecule has 184 valence electrons. The summed E-state index contributed by atoms with van der Waals surface area (Å²) < 4.78 is 38.0. The summed E-state index contributed by atoms with van der Waals surface area (Å²) in [5, 5.41) is 9.95. The predicted octanol–water partition coefficient (Wildman–Crippen LogP) is 3.61. The Labute approximate surface area is 207 Å². The highest BCUT2D eigenvalue weighted by Gasteiger charge is 2.31. The summed E-state index contributed by atoms with van der Waals surface area (Å²) in [4.78, 5) is 24.5. The zero-order valence-electron chi connectivity index (χ0n) is 18.8. The minimum Gasteiger partial charge on any atom is -0.452 e. The van der Waals surface area contributed by atoms with E-state index in [0.717, 1.165) is 12.8 Å². The zero-order valence-corrected chi connectivity index (χ0v) is 20.4. The molecule has 4 rings (SSSR count). The number of anilines is 1. The van der Waals surface area contributed by atoms with Crippen LogP contribution >= 0.6 is 11.6 Å². The number of piperidine rings is 1. The van der Waals surface area contributed by atoms with E-state index in [4.69, 9.17) is 20.8 Å². The summed E-state index contributed by atoms with van der Waals surface area (Å²) in [6, 6.07) is 12.7. The average Bonchev–Trinajstić information content (AvgIpc) is 3.31. The van der Waals surface area contributed by atoms with Crippen molar-refractivity contribution in [3.63, 3.8) is 0 Å². The minimum absolute atomic E-state index is 0.00290. The SMILES string of the molecule is CC1CCCN(S(=O)(=O)c2cc(C(=O)OCC(=O)Nc3nnc(-c4ccccc4)o3)ccc2Cl)C1. The van der Waals surface area contributed by atoms with E-state index < -0.39 is 28.5 Å². The van der Waals surface area contributed by atoms with Crippen molar-refractivity contribution in [3.05, 3.63) is 59.1 Å². The third-order valence-corrected chi connectivity index (χ3v) is 7.78. The predicted molar refractivity (Wildman–Crippen MR) is 127 cm³/mol. The Morgan fingerprint density at radius 3 is 2.71 bits per heavy atom. The molecule has 2 aromatic carbocycles. The molecule has 1 atom stereocenters. The molecule has 3 aromatic rings. The van der Waals surface area contributed by atoms with E-state index >= 15 is 0 Å². The fraction of sp³-hybridized carbons (Fsp3) is 0.304.